The van der Waals surface area contributed by atoms with E-state index in [0.717, 1.165) is 22.4 Å². The molecule has 0 aromatic carbocycles. The van der Waals surface area contributed by atoms with Crippen molar-refractivity contribution >= 4 is 62.8 Å². The van der Waals surface area contributed by atoms with Gasteiger partial charge in [-0.25, -0.2) is 14.8 Å². The van der Waals surface area contributed by atoms with Gasteiger partial charge >= 0.3 is 5.97 Å². The van der Waals surface area contributed by atoms with Crippen molar-refractivity contribution in [1.82, 2.24) is 24.8 Å². The second kappa shape index (κ2) is 9.23. The summed E-state index contributed by atoms with van der Waals surface area (Å²) in [5.74, 6) is -2.01. The average molecular weight is 530 g/mol. The first kappa shape index (κ1) is 23.7. The van der Waals surface area contributed by atoms with Gasteiger partial charge in [-0.1, -0.05) is 5.16 Å². The van der Waals surface area contributed by atoms with Crippen molar-refractivity contribution in [3.05, 3.63) is 47.1 Å². The van der Waals surface area contributed by atoms with Crippen LogP contribution in [0.1, 0.15) is 5.69 Å². The van der Waals surface area contributed by atoms with Crippen LogP contribution >= 0.6 is 23.1 Å². The number of pyridine rings is 1. The third-order valence-electron chi connectivity index (χ3n) is 5.80. The zero-order chi connectivity index (χ0) is 25.6. The third-order valence-corrected chi connectivity index (χ3v) is 7.81. The lowest BCUT2D eigenvalue weighted by Gasteiger charge is -2.49. The van der Waals surface area contributed by atoms with E-state index in [1.165, 1.54) is 23.8 Å². The van der Waals surface area contributed by atoms with Crippen molar-refractivity contribution in [2.24, 2.45) is 12.2 Å². The topological polar surface area (TPSA) is 169 Å². The van der Waals surface area contributed by atoms with Crippen molar-refractivity contribution < 1.29 is 28.9 Å². The Hall–Kier alpha value is -3.98. The van der Waals surface area contributed by atoms with Gasteiger partial charge in [-0.2, -0.15) is 4.57 Å². The smallest absolute Gasteiger partial charge is 0.352 e. The number of aliphatic carboxylic acids is 1. The Morgan fingerprint density at radius 1 is 1.44 bits per heavy atom. The Bertz CT molecular complexity index is 1460. The number of rotatable bonds is 7. The number of carbonyl (C=O) groups is 3. The number of aryl methyl sites for hydroxylation is 1. The van der Waals surface area contributed by atoms with Crippen LogP contribution in [0.5, 0.6) is 0 Å². The molecule has 1 saturated heterocycles. The van der Waals surface area contributed by atoms with Gasteiger partial charge in [0, 0.05) is 29.8 Å². The molecule has 1 fully saturated rings. The maximum Gasteiger partial charge on any atom is 0.352 e. The number of β-lactam (4-membered cyclic amide) rings is 1. The van der Waals surface area contributed by atoms with Crippen molar-refractivity contribution in [3.63, 3.8) is 0 Å². The standard InChI is InChI=1S/C21H20N8O5S2/c1-27-9-23-11-3-4-28(6-13(11)27)5-10-7-35-19-15(18(31)29(19)16(10)20(32)33)25-17(30)14(26-34-2)12-8-36-21(22)24-12/h3-4,6,8-9,15,19H,5,7H2,1-2H3,(H3-,22,24,25,30,32,33)/p+1/b26-14-/t15-,19-/m1/s1. The Labute approximate surface area is 212 Å². The molecule has 0 spiro atoms. The summed E-state index contributed by atoms with van der Waals surface area (Å²) in [5, 5.41) is 17.6. The number of anilines is 1. The molecule has 3 aromatic heterocycles. The number of fused-ring (bicyclic) bond motifs is 2. The van der Waals surface area contributed by atoms with Crippen LogP contribution in [-0.4, -0.2) is 72.3 Å². The summed E-state index contributed by atoms with van der Waals surface area (Å²) in [5.41, 5.74) is 7.99. The highest BCUT2D eigenvalue weighted by atomic mass is 32.2. The molecule has 0 saturated carbocycles. The predicted octanol–water partition coefficient (Wildman–Crippen LogP) is -0.311. The van der Waals surface area contributed by atoms with Crippen LogP contribution in [0.3, 0.4) is 0 Å². The molecule has 3 aromatic rings. The maximum absolute atomic E-state index is 13.0. The number of carbonyl (C=O) groups excluding carboxylic acids is 2. The van der Waals surface area contributed by atoms with Crippen LogP contribution < -0.4 is 15.6 Å². The van der Waals surface area contributed by atoms with Gasteiger partial charge in [0.1, 0.15) is 40.9 Å². The molecule has 13 nitrogen and oxygen atoms in total. The second-order valence-electron chi connectivity index (χ2n) is 8.05. The SMILES string of the molecule is CO/N=C(\C(=O)N[C@@H]1C(=O)N2C(C(=O)O)=C(C[n+]3ccc4ncn(C)c4c3)CS[C@H]12)c1csc(N)n1. The first-order chi connectivity index (χ1) is 17.3. The Morgan fingerprint density at radius 2 is 2.25 bits per heavy atom. The molecule has 2 aliphatic heterocycles. The number of thioether (sulfide) groups is 1. The van der Waals surface area contributed by atoms with Gasteiger partial charge < -0.3 is 25.6 Å². The molecular weight excluding hydrogens is 508 g/mol. The molecule has 4 N–H and O–H groups in total. The Morgan fingerprint density at radius 3 is 2.94 bits per heavy atom. The number of hydrogen-bond donors (Lipinski definition) is 3. The molecule has 5 rings (SSSR count). The van der Waals surface area contributed by atoms with Crippen LogP contribution in [0.15, 0.2) is 46.6 Å². The molecule has 2 amide bonds. The summed E-state index contributed by atoms with van der Waals surface area (Å²) in [6, 6.07) is 0.930. The van der Waals surface area contributed by atoms with Crippen LogP contribution in [0.2, 0.25) is 0 Å². The van der Waals surface area contributed by atoms with Crippen molar-refractivity contribution in [2.75, 3.05) is 18.6 Å². The molecule has 0 aliphatic carbocycles. The molecular formula is C21H21N8O5S2+. The lowest BCUT2D eigenvalue weighted by atomic mass is 10.0. The molecule has 36 heavy (non-hydrogen) atoms. The van der Waals surface area contributed by atoms with E-state index in [2.05, 4.69) is 20.4 Å². The second-order valence-corrected chi connectivity index (χ2v) is 10.0. The average Bonchev–Trinajstić information content (AvgIpc) is 3.45. The van der Waals surface area contributed by atoms with E-state index in [-0.39, 0.29) is 22.2 Å². The number of nitrogens with two attached hydrogens (primary N) is 1. The summed E-state index contributed by atoms with van der Waals surface area (Å²) in [7, 11) is 3.16. The van der Waals surface area contributed by atoms with Crippen LogP contribution in [-0.2, 0) is 32.8 Å². The zero-order valence-corrected chi connectivity index (χ0v) is 20.7. The van der Waals surface area contributed by atoms with Crippen LogP contribution in [0.25, 0.3) is 11.0 Å². The number of nitrogen functional groups attached to an aromatic ring is 1. The third kappa shape index (κ3) is 4.05. The zero-order valence-electron chi connectivity index (χ0n) is 19.1. The molecule has 2 atom stereocenters. The highest BCUT2D eigenvalue weighted by Crippen LogP contribution is 2.40. The lowest BCUT2D eigenvalue weighted by Crippen LogP contribution is -2.71. The molecule has 0 unspecified atom stereocenters. The highest BCUT2D eigenvalue weighted by molar-refractivity contribution is 8.00. The van der Waals surface area contributed by atoms with Crippen molar-refractivity contribution in [3.8, 4) is 0 Å². The first-order valence-corrected chi connectivity index (χ1v) is 12.5. The van der Waals surface area contributed by atoms with Crippen molar-refractivity contribution in [2.45, 2.75) is 18.0 Å². The van der Waals surface area contributed by atoms with Crippen molar-refractivity contribution in [1.29, 1.82) is 0 Å². The number of carboxylic acids is 1. The van der Waals surface area contributed by atoms with Gasteiger partial charge in [-0.3, -0.25) is 14.5 Å². The fourth-order valence-electron chi connectivity index (χ4n) is 4.14. The normalized spacial score (nSPS) is 19.8. The summed E-state index contributed by atoms with van der Waals surface area (Å²) < 4.78 is 3.73. The lowest BCUT2D eigenvalue weighted by molar-refractivity contribution is -0.687. The Balaban J connectivity index is 1.36. The summed E-state index contributed by atoms with van der Waals surface area (Å²) in [6.45, 7) is 0.291. The monoisotopic (exact) mass is 529 g/mol. The number of amides is 2. The quantitative estimate of drug-likeness (QED) is 0.161. The molecule has 15 heteroatoms. The minimum absolute atomic E-state index is 0.0649. The van der Waals surface area contributed by atoms with Crippen LogP contribution in [0, 0.1) is 0 Å². The van der Waals surface area contributed by atoms with E-state index in [1.807, 2.05) is 34.6 Å². The Kier molecular flexibility index (Phi) is 6.09. The number of hydrogen-bond acceptors (Lipinski definition) is 10. The van der Waals surface area contributed by atoms with Gasteiger partial charge in [0.2, 0.25) is 0 Å². The molecule has 0 radical (unpaired) electrons. The number of nitrogens with one attached hydrogen (secondary N) is 1. The molecule has 186 valence electrons. The molecule has 5 heterocycles. The van der Waals surface area contributed by atoms with Gasteiger partial charge in [0.25, 0.3) is 11.8 Å². The molecule has 2 aliphatic rings. The largest absolute Gasteiger partial charge is 0.477 e. The minimum Gasteiger partial charge on any atom is -0.477 e. The maximum atomic E-state index is 13.0. The van der Waals surface area contributed by atoms with E-state index in [4.69, 9.17) is 10.6 Å². The number of nitrogens with zero attached hydrogens (tertiary/aromatic N) is 6. The first-order valence-electron chi connectivity index (χ1n) is 10.6. The number of imidazole rings is 1. The van der Waals surface area contributed by atoms with Crippen LogP contribution in [0.4, 0.5) is 5.13 Å². The highest BCUT2D eigenvalue weighted by Gasteiger charge is 2.54. The van der Waals surface area contributed by atoms with Gasteiger partial charge in [-0.05, 0) is 0 Å². The fourth-order valence-corrected chi connectivity index (χ4v) is 6.02. The number of thiazole rings is 1. The van der Waals surface area contributed by atoms with E-state index >= 15 is 0 Å². The number of carboxylic acid groups (broad SMARTS) is 1. The predicted molar refractivity (Wildman–Crippen MR) is 131 cm³/mol. The minimum atomic E-state index is -1.20. The van der Waals surface area contributed by atoms with E-state index in [9.17, 15) is 19.5 Å². The molecule has 0 bridgehead atoms. The summed E-state index contributed by atoms with van der Waals surface area (Å²) in [6.07, 6.45) is 5.41. The van der Waals surface area contributed by atoms with E-state index in [0.29, 0.717) is 17.9 Å². The van der Waals surface area contributed by atoms with Gasteiger partial charge in [0.05, 0.1) is 6.33 Å². The fraction of sp³-hybridized carbons (Fsp3) is 0.286. The summed E-state index contributed by atoms with van der Waals surface area (Å²) in [4.78, 5) is 52.4. The summed E-state index contributed by atoms with van der Waals surface area (Å²) >= 11 is 2.51. The number of aromatic nitrogens is 4. The van der Waals surface area contributed by atoms with Gasteiger partial charge in [0.15, 0.2) is 29.8 Å². The van der Waals surface area contributed by atoms with E-state index in [1.54, 1.807) is 11.7 Å². The van der Waals surface area contributed by atoms with Gasteiger partial charge in [-0.15, -0.1) is 23.1 Å². The number of oxime groups is 1. The van der Waals surface area contributed by atoms with E-state index < -0.39 is 29.2 Å².